The molecule has 106 valence electrons. The molecule has 1 aromatic carbocycles. The van der Waals surface area contributed by atoms with E-state index in [0.717, 1.165) is 30.0 Å². The van der Waals surface area contributed by atoms with Crippen LogP contribution in [0.5, 0.6) is 5.75 Å². The molecular formula is C15H18N2O2S. The van der Waals surface area contributed by atoms with Gasteiger partial charge in [0.05, 0.1) is 7.11 Å². The van der Waals surface area contributed by atoms with Crippen LogP contribution in [0.25, 0.3) is 0 Å². The first-order valence-electron chi connectivity index (χ1n) is 6.57. The molecule has 1 N–H and O–H groups in total. The number of methoxy groups -OCH3 is 1. The lowest BCUT2D eigenvalue weighted by Crippen LogP contribution is -2.09. The number of benzene rings is 1. The van der Waals surface area contributed by atoms with Crippen molar-refractivity contribution in [3.8, 4) is 5.75 Å². The fourth-order valence-corrected chi connectivity index (χ4v) is 2.66. The molecule has 0 atom stereocenters. The summed E-state index contributed by atoms with van der Waals surface area (Å²) >= 11 is 1.53. The summed E-state index contributed by atoms with van der Waals surface area (Å²) in [6.07, 6.45) is 1.82. The Morgan fingerprint density at radius 3 is 2.70 bits per heavy atom. The Hall–Kier alpha value is -1.75. The lowest BCUT2D eigenvalue weighted by molar-refractivity contribution is 0.414. The number of ether oxygens (including phenoxy) is 1. The van der Waals surface area contributed by atoms with E-state index >= 15 is 0 Å². The normalized spacial score (nSPS) is 10.5. The second-order valence-corrected chi connectivity index (χ2v) is 5.39. The highest BCUT2D eigenvalue weighted by Crippen LogP contribution is 2.20. The first kappa shape index (κ1) is 14.7. The van der Waals surface area contributed by atoms with Gasteiger partial charge in [0.1, 0.15) is 5.75 Å². The summed E-state index contributed by atoms with van der Waals surface area (Å²) in [5, 5.41) is 0.678. The Morgan fingerprint density at radius 1 is 1.30 bits per heavy atom. The Balaban J connectivity index is 2.04. The Labute approximate surface area is 122 Å². The molecule has 0 spiro atoms. The average Bonchev–Trinajstić information content (AvgIpc) is 2.45. The molecule has 1 heterocycles. The van der Waals surface area contributed by atoms with Crippen molar-refractivity contribution in [2.75, 3.05) is 7.11 Å². The molecule has 0 fully saturated rings. The van der Waals surface area contributed by atoms with Crippen molar-refractivity contribution < 1.29 is 4.74 Å². The fraction of sp³-hybridized carbons (Fsp3) is 0.333. The van der Waals surface area contributed by atoms with E-state index in [1.54, 1.807) is 13.2 Å². The average molecular weight is 290 g/mol. The maximum Gasteiger partial charge on any atom is 0.251 e. The van der Waals surface area contributed by atoms with E-state index in [1.807, 2.05) is 24.3 Å². The van der Waals surface area contributed by atoms with E-state index < -0.39 is 0 Å². The summed E-state index contributed by atoms with van der Waals surface area (Å²) in [4.78, 5) is 18.8. The third-order valence-electron chi connectivity index (χ3n) is 2.81. The molecule has 0 bridgehead atoms. The molecule has 0 saturated heterocycles. The molecular weight excluding hydrogens is 272 g/mol. The highest BCUT2D eigenvalue weighted by molar-refractivity contribution is 7.98. The zero-order valence-electron chi connectivity index (χ0n) is 11.7. The van der Waals surface area contributed by atoms with Crippen molar-refractivity contribution in [2.45, 2.75) is 30.7 Å². The highest BCUT2D eigenvalue weighted by atomic mass is 32.2. The van der Waals surface area contributed by atoms with Crippen LogP contribution in [-0.2, 0) is 12.2 Å². The van der Waals surface area contributed by atoms with Crippen molar-refractivity contribution in [1.29, 1.82) is 0 Å². The predicted octanol–water partition coefficient (Wildman–Crippen LogP) is 3.02. The second-order valence-electron chi connectivity index (χ2n) is 4.43. The van der Waals surface area contributed by atoms with Crippen molar-refractivity contribution in [1.82, 2.24) is 9.97 Å². The lowest BCUT2D eigenvalue weighted by atomic mass is 10.2. The van der Waals surface area contributed by atoms with Crippen LogP contribution < -0.4 is 10.3 Å². The minimum atomic E-state index is -0.0827. The molecule has 0 unspecified atom stereocenters. The van der Waals surface area contributed by atoms with Gasteiger partial charge in [0.15, 0.2) is 5.16 Å². The van der Waals surface area contributed by atoms with Gasteiger partial charge in [0.2, 0.25) is 0 Å². The lowest BCUT2D eigenvalue weighted by Gasteiger charge is -2.04. The minimum Gasteiger partial charge on any atom is -0.497 e. The molecule has 20 heavy (non-hydrogen) atoms. The van der Waals surface area contributed by atoms with Crippen LogP contribution in [0.2, 0.25) is 0 Å². The van der Waals surface area contributed by atoms with Gasteiger partial charge in [-0.05, 0) is 24.1 Å². The van der Waals surface area contributed by atoms with Gasteiger partial charge < -0.3 is 9.72 Å². The number of H-pyrrole nitrogens is 1. The van der Waals surface area contributed by atoms with Crippen LogP contribution in [0, 0.1) is 0 Å². The first-order chi connectivity index (χ1) is 9.71. The van der Waals surface area contributed by atoms with Gasteiger partial charge in [0.25, 0.3) is 5.56 Å². The number of aromatic amines is 1. The minimum absolute atomic E-state index is 0.0827. The van der Waals surface area contributed by atoms with Gasteiger partial charge in [-0.3, -0.25) is 4.79 Å². The third kappa shape index (κ3) is 4.13. The Kier molecular flexibility index (Phi) is 5.24. The summed E-state index contributed by atoms with van der Waals surface area (Å²) in [5.74, 6) is 1.61. The summed E-state index contributed by atoms with van der Waals surface area (Å²) in [6, 6.07) is 9.46. The predicted molar refractivity (Wildman–Crippen MR) is 81.4 cm³/mol. The van der Waals surface area contributed by atoms with E-state index in [2.05, 4.69) is 16.9 Å². The maximum absolute atomic E-state index is 11.6. The number of nitrogens with one attached hydrogen (secondary N) is 1. The standard InChI is InChI=1S/C15H18N2O2S/c1-3-4-12-9-14(18)17-15(16-12)20-10-11-5-7-13(19-2)8-6-11/h5-9H,3-4,10H2,1-2H3,(H,16,17,18). The molecule has 0 aliphatic heterocycles. The summed E-state index contributed by atoms with van der Waals surface area (Å²) in [5.41, 5.74) is 1.94. The van der Waals surface area contributed by atoms with Crippen molar-refractivity contribution >= 4 is 11.8 Å². The van der Waals surface area contributed by atoms with Crippen molar-refractivity contribution in [3.63, 3.8) is 0 Å². The smallest absolute Gasteiger partial charge is 0.251 e. The van der Waals surface area contributed by atoms with Gasteiger partial charge in [0, 0.05) is 17.5 Å². The topological polar surface area (TPSA) is 55.0 Å². The molecule has 0 saturated carbocycles. The van der Waals surface area contributed by atoms with E-state index in [0.29, 0.717) is 5.16 Å². The zero-order valence-corrected chi connectivity index (χ0v) is 12.5. The summed E-state index contributed by atoms with van der Waals surface area (Å²) in [7, 11) is 1.65. The van der Waals surface area contributed by atoms with Crippen LogP contribution >= 0.6 is 11.8 Å². The molecule has 0 aliphatic rings. The SMILES string of the molecule is CCCc1cc(=O)[nH]c(SCc2ccc(OC)cc2)n1. The maximum atomic E-state index is 11.6. The Bertz CT molecular complexity index is 608. The zero-order chi connectivity index (χ0) is 14.4. The highest BCUT2D eigenvalue weighted by Gasteiger charge is 2.03. The van der Waals surface area contributed by atoms with Crippen LogP contribution in [0.1, 0.15) is 24.6 Å². The molecule has 0 aliphatic carbocycles. The van der Waals surface area contributed by atoms with E-state index in [1.165, 1.54) is 17.3 Å². The molecule has 0 radical (unpaired) electrons. The van der Waals surface area contributed by atoms with Crippen LogP contribution in [0.4, 0.5) is 0 Å². The number of hydrogen-bond acceptors (Lipinski definition) is 4. The number of rotatable bonds is 6. The van der Waals surface area contributed by atoms with E-state index in [4.69, 9.17) is 4.74 Å². The van der Waals surface area contributed by atoms with Crippen molar-refractivity contribution in [2.24, 2.45) is 0 Å². The van der Waals surface area contributed by atoms with Gasteiger partial charge in [-0.2, -0.15) is 0 Å². The number of aryl methyl sites for hydroxylation is 1. The molecule has 5 heteroatoms. The van der Waals surface area contributed by atoms with Gasteiger partial charge in [-0.1, -0.05) is 37.2 Å². The summed E-state index contributed by atoms with van der Waals surface area (Å²) in [6.45, 7) is 2.08. The monoisotopic (exact) mass is 290 g/mol. The number of nitrogens with zero attached hydrogens (tertiary/aromatic N) is 1. The summed E-state index contributed by atoms with van der Waals surface area (Å²) < 4.78 is 5.12. The second kappa shape index (κ2) is 7.14. The molecule has 0 amide bonds. The molecule has 2 aromatic rings. The van der Waals surface area contributed by atoms with Gasteiger partial charge in [-0.25, -0.2) is 4.98 Å². The largest absolute Gasteiger partial charge is 0.497 e. The van der Waals surface area contributed by atoms with Gasteiger partial charge in [-0.15, -0.1) is 0 Å². The van der Waals surface area contributed by atoms with Gasteiger partial charge >= 0.3 is 0 Å². The third-order valence-corrected chi connectivity index (χ3v) is 3.76. The number of aromatic nitrogens is 2. The molecule has 2 rings (SSSR count). The molecule has 4 nitrogen and oxygen atoms in total. The van der Waals surface area contributed by atoms with Crippen LogP contribution in [0.3, 0.4) is 0 Å². The Morgan fingerprint density at radius 2 is 2.05 bits per heavy atom. The number of hydrogen-bond donors (Lipinski definition) is 1. The first-order valence-corrected chi connectivity index (χ1v) is 7.56. The molecule has 1 aromatic heterocycles. The number of thioether (sulfide) groups is 1. The van der Waals surface area contributed by atoms with Crippen LogP contribution in [0.15, 0.2) is 40.3 Å². The fourth-order valence-electron chi connectivity index (χ4n) is 1.81. The van der Waals surface area contributed by atoms with E-state index in [9.17, 15) is 4.79 Å². The van der Waals surface area contributed by atoms with E-state index in [-0.39, 0.29) is 5.56 Å². The van der Waals surface area contributed by atoms with Crippen molar-refractivity contribution in [3.05, 3.63) is 51.9 Å². The van der Waals surface area contributed by atoms with Crippen LogP contribution in [-0.4, -0.2) is 17.1 Å². The quantitative estimate of drug-likeness (QED) is 0.656.